The molecule has 142 valence electrons. The number of carbonyl (C=O) groups is 2. The van der Waals surface area contributed by atoms with Crippen LogP contribution >= 0.6 is 0 Å². The van der Waals surface area contributed by atoms with Crippen molar-refractivity contribution < 1.29 is 9.59 Å². The Hall–Kier alpha value is -2.48. The lowest BCUT2D eigenvalue weighted by atomic mass is 9.94. The SMILES string of the molecule is CN1CCN(C(=O)c2ncc3cc4n(c3n2)C2(CCCC2)CNC4=O)CC1. The summed E-state index contributed by atoms with van der Waals surface area (Å²) in [6, 6.07) is 1.86. The van der Waals surface area contributed by atoms with Gasteiger partial charge in [-0.3, -0.25) is 9.59 Å². The molecule has 2 aromatic rings. The molecule has 5 rings (SSSR count). The van der Waals surface area contributed by atoms with E-state index in [1.165, 1.54) is 0 Å². The molecule has 4 heterocycles. The number of hydrogen-bond acceptors (Lipinski definition) is 5. The van der Waals surface area contributed by atoms with E-state index in [4.69, 9.17) is 0 Å². The number of fused-ring (bicyclic) bond motifs is 4. The van der Waals surface area contributed by atoms with E-state index in [2.05, 4.69) is 31.8 Å². The van der Waals surface area contributed by atoms with E-state index >= 15 is 0 Å². The first-order valence-electron chi connectivity index (χ1n) is 9.72. The fourth-order valence-corrected chi connectivity index (χ4v) is 4.74. The molecule has 2 amide bonds. The molecule has 1 aliphatic carbocycles. The summed E-state index contributed by atoms with van der Waals surface area (Å²) in [5, 5.41) is 3.86. The van der Waals surface area contributed by atoms with Crippen LogP contribution in [0.3, 0.4) is 0 Å². The van der Waals surface area contributed by atoms with Crippen LogP contribution in [0, 0.1) is 0 Å². The van der Waals surface area contributed by atoms with Gasteiger partial charge in [0.15, 0.2) is 0 Å². The smallest absolute Gasteiger partial charge is 0.291 e. The molecule has 0 radical (unpaired) electrons. The van der Waals surface area contributed by atoms with Crippen molar-refractivity contribution in [3.05, 3.63) is 23.8 Å². The highest BCUT2D eigenvalue weighted by Crippen LogP contribution is 2.41. The number of rotatable bonds is 1. The topological polar surface area (TPSA) is 83.4 Å². The zero-order chi connectivity index (χ0) is 18.6. The molecule has 1 saturated carbocycles. The lowest BCUT2D eigenvalue weighted by Gasteiger charge is -2.37. The van der Waals surface area contributed by atoms with Gasteiger partial charge in [0.2, 0.25) is 5.82 Å². The van der Waals surface area contributed by atoms with Gasteiger partial charge in [0.25, 0.3) is 11.8 Å². The third-order valence-electron chi connectivity index (χ3n) is 6.34. The Bertz CT molecular complexity index is 922. The Kier molecular flexibility index (Phi) is 3.72. The summed E-state index contributed by atoms with van der Waals surface area (Å²) < 4.78 is 2.09. The van der Waals surface area contributed by atoms with Crippen molar-refractivity contribution >= 4 is 22.8 Å². The van der Waals surface area contributed by atoms with Crippen LogP contribution in [-0.4, -0.2) is 75.9 Å². The first kappa shape index (κ1) is 16.7. The molecule has 0 bridgehead atoms. The fraction of sp³-hybridized carbons (Fsp3) is 0.579. The Morgan fingerprint density at radius 3 is 2.67 bits per heavy atom. The average molecular weight is 368 g/mol. The number of piperazine rings is 1. The van der Waals surface area contributed by atoms with E-state index in [0.717, 1.165) is 44.2 Å². The van der Waals surface area contributed by atoms with Crippen molar-refractivity contribution in [1.29, 1.82) is 0 Å². The van der Waals surface area contributed by atoms with Crippen LogP contribution < -0.4 is 5.32 Å². The van der Waals surface area contributed by atoms with Crippen LogP contribution in [0.1, 0.15) is 46.8 Å². The second-order valence-electron chi connectivity index (χ2n) is 8.05. The highest BCUT2D eigenvalue weighted by Gasteiger charge is 2.43. The average Bonchev–Trinajstić information content (AvgIpc) is 3.30. The van der Waals surface area contributed by atoms with Gasteiger partial charge in [-0.25, -0.2) is 9.97 Å². The van der Waals surface area contributed by atoms with Crippen molar-refractivity contribution in [3.8, 4) is 0 Å². The van der Waals surface area contributed by atoms with Gasteiger partial charge in [0.05, 0.1) is 5.54 Å². The predicted molar refractivity (Wildman–Crippen MR) is 99.7 cm³/mol. The molecule has 1 saturated heterocycles. The minimum absolute atomic E-state index is 0.0718. The summed E-state index contributed by atoms with van der Waals surface area (Å²) in [5.41, 5.74) is 1.24. The molecule has 2 fully saturated rings. The molecule has 1 N–H and O–H groups in total. The number of carbonyl (C=O) groups excluding carboxylic acids is 2. The van der Waals surface area contributed by atoms with E-state index in [9.17, 15) is 9.59 Å². The minimum Gasteiger partial charge on any atom is -0.348 e. The van der Waals surface area contributed by atoms with E-state index in [1.807, 2.05) is 11.0 Å². The molecule has 2 aliphatic heterocycles. The molecular formula is C19H24N6O2. The summed E-state index contributed by atoms with van der Waals surface area (Å²) in [6.07, 6.45) is 6.03. The first-order chi connectivity index (χ1) is 13.1. The normalized spacial score (nSPS) is 22.3. The molecule has 3 aliphatic rings. The first-order valence-corrected chi connectivity index (χ1v) is 9.72. The maximum atomic E-state index is 12.9. The van der Waals surface area contributed by atoms with Gasteiger partial charge in [0.1, 0.15) is 11.3 Å². The van der Waals surface area contributed by atoms with Crippen LogP contribution in [0.15, 0.2) is 12.3 Å². The van der Waals surface area contributed by atoms with Gasteiger partial charge in [-0.2, -0.15) is 0 Å². The maximum Gasteiger partial charge on any atom is 0.291 e. The quantitative estimate of drug-likeness (QED) is 0.806. The monoisotopic (exact) mass is 368 g/mol. The van der Waals surface area contributed by atoms with Crippen LogP contribution in [0.4, 0.5) is 0 Å². The molecule has 0 aromatic carbocycles. The Labute approximate surface area is 157 Å². The van der Waals surface area contributed by atoms with E-state index < -0.39 is 0 Å². The third kappa shape index (κ3) is 2.54. The van der Waals surface area contributed by atoms with Crippen LogP contribution in [-0.2, 0) is 5.54 Å². The number of amides is 2. The van der Waals surface area contributed by atoms with E-state index in [1.54, 1.807) is 6.20 Å². The number of nitrogens with zero attached hydrogens (tertiary/aromatic N) is 5. The van der Waals surface area contributed by atoms with Gasteiger partial charge in [-0.15, -0.1) is 0 Å². The van der Waals surface area contributed by atoms with Crippen LogP contribution in [0.25, 0.3) is 11.0 Å². The summed E-state index contributed by atoms with van der Waals surface area (Å²) in [4.78, 5) is 38.4. The van der Waals surface area contributed by atoms with Crippen molar-refractivity contribution in [2.75, 3.05) is 39.8 Å². The maximum absolute atomic E-state index is 12.9. The second-order valence-corrected chi connectivity index (χ2v) is 8.05. The van der Waals surface area contributed by atoms with Crippen molar-refractivity contribution in [1.82, 2.24) is 29.7 Å². The van der Waals surface area contributed by atoms with Gasteiger partial charge < -0.3 is 19.7 Å². The molecule has 0 atom stereocenters. The Morgan fingerprint density at radius 2 is 1.93 bits per heavy atom. The lowest BCUT2D eigenvalue weighted by molar-refractivity contribution is 0.0652. The number of likely N-dealkylation sites (N-methyl/N-ethyl adjacent to an activating group) is 1. The van der Waals surface area contributed by atoms with Crippen molar-refractivity contribution in [2.24, 2.45) is 0 Å². The molecular weight excluding hydrogens is 344 g/mol. The van der Waals surface area contributed by atoms with E-state index in [0.29, 0.717) is 31.0 Å². The predicted octanol–water partition coefficient (Wildman–Crippen LogP) is 0.832. The standard InChI is InChI=1S/C19H24N6O2/c1-23-6-8-24(9-7-23)18(27)15-20-11-13-10-14-17(26)21-12-19(4-2-3-5-19)25(14)16(13)22-15/h10-11H,2-9,12H2,1H3,(H,21,26). The van der Waals surface area contributed by atoms with Gasteiger partial charge in [-0.1, -0.05) is 12.8 Å². The zero-order valence-corrected chi connectivity index (χ0v) is 15.6. The number of nitrogens with one attached hydrogen (secondary N) is 1. The molecule has 27 heavy (non-hydrogen) atoms. The van der Waals surface area contributed by atoms with Gasteiger partial charge >= 0.3 is 0 Å². The molecule has 0 unspecified atom stereocenters. The molecule has 1 spiro atoms. The summed E-state index contributed by atoms with van der Waals surface area (Å²) >= 11 is 0. The van der Waals surface area contributed by atoms with Gasteiger partial charge in [0, 0.05) is 44.3 Å². The molecule has 2 aromatic heterocycles. The van der Waals surface area contributed by atoms with Crippen LogP contribution in [0.5, 0.6) is 0 Å². The minimum atomic E-state index is -0.124. The highest BCUT2D eigenvalue weighted by molar-refractivity contribution is 6.00. The summed E-state index contributed by atoms with van der Waals surface area (Å²) in [5.74, 6) is 0.0332. The largest absolute Gasteiger partial charge is 0.348 e. The van der Waals surface area contributed by atoms with Crippen molar-refractivity contribution in [2.45, 2.75) is 31.2 Å². The molecule has 8 nitrogen and oxygen atoms in total. The number of hydrogen-bond donors (Lipinski definition) is 1. The second kappa shape index (κ2) is 6.02. The number of aromatic nitrogens is 3. The fourth-order valence-electron chi connectivity index (χ4n) is 4.74. The van der Waals surface area contributed by atoms with Crippen molar-refractivity contribution in [3.63, 3.8) is 0 Å². The summed E-state index contributed by atoms with van der Waals surface area (Å²) in [6.45, 7) is 3.73. The Morgan fingerprint density at radius 1 is 1.19 bits per heavy atom. The van der Waals surface area contributed by atoms with Crippen LogP contribution in [0.2, 0.25) is 0 Å². The van der Waals surface area contributed by atoms with E-state index in [-0.39, 0.29) is 23.2 Å². The summed E-state index contributed by atoms with van der Waals surface area (Å²) in [7, 11) is 2.06. The molecule has 8 heteroatoms. The lowest BCUT2D eigenvalue weighted by Crippen LogP contribution is -2.50. The Balaban J connectivity index is 1.58. The highest BCUT2D eigenvalue weighted by atomic mass is 16.2. The zero-order valence-electron chi connectivity index (χ0n) is 15.6. The van der Waals surface area contributed by atoms with Gasteiger partial charge in [-0.05, 0) is 26.0 Å². The third-order valence-corrected chi connectivity index (χ3v) is 6.34.